The number of aromatic nitrogens is 4. The molecule has 0 spiro atoms. The molecular formula is C9H10N4O2. The summed E-state index contributed by atoms with van der Waals surface area (Å²) in [7, 11) is 0. The lowest BCUT2D eigenvalue weighted by Crippen LogP contribution is -2.23. The van der Waals surface area contributed by atoms with Crippen LogP contribution >= 0.6 is 0 Å². The van der Waals surface area contributed by atoms with Gasteiger partial charge in [0.2, 0.25) is 0 Å². The third kappa shape index (κ3) is 1.57. The van der Waals surface area contributed by atoms with Crippen LogP contribution in [0.2, 0.25) is 0 Å². The van der Waals surface area contributed by atoms with Crippen molar-refractivity contribution in [2.45, 2.75) is 6.10 Å². The van der Waals surface area contributed by atoms with Crippen LogP contribution in [0.1, 0.15) is 11.9 Å². The van der Waals surface area contributed by atoms with E-state index < -0.39 is 0 Å². The monoisotopic (exact) mass is 206 g/mol. The van der Waals surface area contributed by atoms with E-state index >= 15 is 0 Å². The fourth-order valence-electron chi connectivity index (χ4n) is 1.54. The molecule has 0 aliphatic carbocycles. The minimum Gasteiger partial charge on any atom is -0.376 e. The molecule has 3 rings (SSSR count). The smallest absolute Gasteiger partial charge is 0.180 e. The molecule has 1 N–H and O–H groups in total. The quantitative estimate of drug-likeness (QED) is 0.733. The van der Waals surface area contributed by atoms with Gasteiger partial charge in [-0.05, 0) is 0 Å². The van der Waals surface area contributed by atoms with Gasteiger partial charge in [-0.25, -0.2) is 15.0 Å². The molecule has 0 bridgehead atoms. The Labute approximate surface area is 85.7 Å². The van der Waals surface area contributed by atoms with Gasteiger partial charge in [0.25, 0.3) is 0 Å². The molecule has 2 aromatic heterocycles. The number of ether oxygens (including phenoxy) is 2. The number of fused-ring (bicyclic) bond motifs is 1. The molecule has 0 aromatic carbocycles. The van der Waals surface area contributed by atoms with Crippen LogP contribution in [-0.2, 0) is 9.47 Å². The summed E-state index contributed by atoms with van der Waals surface area (Å²) in [6, 6.07) is 0. The summed E-state index contributed by atoms with van der Waals surface area (Å²) in [6.45, 7) is 1.74. The maximum atomic E-state index is 5.50. The van der Waals surface area contributed by atoms with Crippen molar-refractivity contribution in [2.75, 3.05) is 19.8 Å². The molecular weight excluding hydrogens is 196 g/mol. The van der Waals surface area contributed by atoms with Crippen LogP contribution < -0.4 is 0 Å². The minimum atomic E-state index is -0.167. The van der Waals surface area contributed by atoms with Crippen molar-refractivity contribution in [3.63, 3.8) is 0 Å². The molecule has 15 heavy (non-hydrogen) atoms. The van der Waals surface area contributed by atoms with Crippen LogP contribution in [0.4, 0.5) is 0 Å². The standard InChI is InChI=1S/C9H10N4O2/c1-2-15-7(4-14-1)9-10-3-6-8(13-9)12-5-11-6/h3,5,7H,1-2,4H2,(H,10,11,12,13). The van der Waals surface area contributed by atoms with E-state index in [0.717, 1.165) is 5.52 Å². The highest BCUT2D eigenvalue weighted by atomic mass is 16.6. The summed E-state index contributed by atoms with van der Waals surface area (Å²) < 4.78 is 10.8. The first-order chi connectivity index (χ1) is 7.43. The van der Waals surface area contributed by atoms with Crippen molar-refractivity contribution in [3.05, 3.63) is 18.3 Å². The van der Waals surface area contributed by atoms with E-state index in [1.807, 2.05) is 0 Å². The van der Waals surface area contributed by atoms with Crippen molar-refractivity contribution < 1.29 is 9.47 Å². The van der Waals surface area contributed by atoms with E-state index in [1.165, 1.54) is 0 Å². The molecule has 78 valence electrons. The first-order valence-electron chi connectivity index (χ1n) is 4.79. The largest absolute Gasteiger partial charge is 0.376 e. The second-order valence-electron chi connectivity index (χ2n) is 3.30. The summed E-state index contributed by atoms with van der Waals surface area (Å²) in [4.78, 5) is 15.5. The van der Waals surface area contributed by atoms with Gasteiger partial charge >= 0.3 is 0 Å². The highest BCUT2D eigenvalue weighted by molar-refractivity contribution is 5.68. The van der Waals surface area contributed by atoms with Gasteiger partial charge in [-0.2, -0.15) is 0 Å². The second kappa shape index (κ2) is 3.56. The SMILES string of the molecule is c1nc2nc(C3COCCO3)ncc2[nH]1. The van der Waals surface area contributed by atoms with E-state index in [2.05, 4.69) is 19.9 Å². The van der Waals surface area contributed by atoms with E-state index in [9.17, 15) is 0 Å². The van der Waals surface area contributed by atoms with Crippen molar-refractivity contribution in [1.82, 2.24) is 19.9 Å². The molecule has 3 heterocycles. The number of nitrogens with zero attached hydrogens (tertiary/aromatic N) is 3. The van der Waals surface area contributed by atoms with E-state index in [1.54, 1.807) is 12.5 Å². The molecule has 1 aliphatic heterocycles. The Morgan fingerprint density at radius 1 is 1.33 bits per heavy atom. The average molecular weight is 206 g/mol. The molecule has 6 nitrogen and oxygen atoms in total. The topological polar surface area (TPSA) is 72.9 Å². The first-order valence-corrected chi connectivity index (χ1v) is 4.79. The Morgan fingerprint density at radius 2 is 2.33 bits per heavy atom. The highest BCUT2D eigenvalue weighted by Gasteiger charge is 2.19. The number of rotatable bonds is 1. The second-order valence-corrected chi connectivity index (χ2v) is 3.30. The third-order valence-corrected chi connectivity index (χ3v) is 2.30. The van der Waals surface area contributed by atoms with Crippen LogP contribution in [0, 0.1) is 0 Å². The molecule has 0 radical (unpaired) electrons. The van der Waals surface area contributed by atoms with Gasteiger partial charge in [-0.15, -0.1) is 0 Å². The van der Waals surface area contributed by atoms with Crippen LogP contribution in [0.3, 0.4) is 0 Å². The number of H-pyrrole nitrogens is 1. The zero-order valence-electron chi connectivity index (χ0n) is 8.01. The molecule has 1 saturated heterocycles. The van der Waals surface area contributed by atoms with E-state index in [4.69, 9.17) is 9.47 Å². The van der Waals surface area contributed by atoms with Crippen molar-refractivity contribution >= 4 is 11.2 Å². The molecule has 1 aliphatic rings. The summed E-state index contributed by atoms with van der Waals surface area (Å²) in [6.07, 6.45) is 3.14. The lowest BCUT2D eigenvalue weighted by atomic mass is 10.3. The van der Waals surface area contributed by atoms with Gasteiger partial charge in [-0.3, -0.25) is 0 Å². The fraction of sp³-hybridized carbons (Fsp3) is 0.444. The Kier molecular flexibility index (Phi) is 2.08. The van der Waals surface area contributed by atoms with Crippen LogP contribution in [0.15, 0.2) is 12.5 Å². The van der Waals surface area contributed by atoms with Crippen LogP contribution in [0.25, 0.3) is 11.2 Å². The van der Waals surface area contributed by atoms with Crippen molar-refractivity contribution in [1.29, 1.82) is 0 Å². The summed E-state index contributed by atoms with van der Waals surface area (Å²) in [5.74, 6) is 0.634. The molecule has 0 saturated carbocycles. The highest BCUT2D eigenvalue weighted by Crippen LogP contribution is 2.17. The van der Waals surface area contributed by atoms with E-state index in [0.29, 0.717) is 31.3 Å². The number of nitrogens with one attached hydrogen (secondary N) is 1. The zero-order valence-corrected chi connectivity index (χ0v) is 8.01. The summed E-state index contributed by atoms with van der Waals surface area (Å²) in [5, 5.41) is 0. The molecule has 2 aromatic rings. The Balaban J connectivity index is 1.95. The molecule has 6 heteroatoms. The van der Waals surface area contributed by atoms with Gasteiger partial charge < -0.3 is 14.5 Å². The first kappa shape index (κ1) is 8.75. The summed E-state index contributed by atoms with van der Waals surface area (Å²) in [5.41, 5.74) is 1.49. The Bertz CT molecular complexity index is 464. The average Bonchev–Trinajstić information content (AvgIpc) is 2.77. The van der Waals surface area contributed by atoms with Crippen molar-refractivity contribution in [3.8, 4) is 0 Å². The maximum Gasteiger partial charge on any atom is 0.180 e. The van der Waals surface area contributed by atoms with Gasteiger partial charge in [0, 0.05) is 0 Å². The Hall–Kier alpha value is -1.53. The Morgan fingerprint density at radius 3 is 3.20 bits per heavy atom. The van der Waals surface area contributed by atoms with Gasteiger partial charge in [0.1, 0.15) is 11.6 Å². The third-order valence-electron chi connectivity index (χ3n) is 2.30. The molecule has 1 fully saturated rings. The molecule has 0 amide bonds. The predicted octanol–water partition coefficient (Wildman–Crippen LogP) is 0.441. The van der Waals surface area contributed by atoms with Crippen LogP contribution in [-0.4, -0.2) is 39.8 Å². The fourth-order valence-corrected chi connectivity index (χ4v) is 1.54. The summed E-state index contributed by atoms with van der Waals surface area (Å²) >= 11 is 0. The number of hydrogen-bond acceptors (Lipinski definition) is 5. The molecule has 1 unspecified atom stereocenters. The van der Waals surface area contributed by atoms with Crippen molar-refractivity contribution in [2.24, 2.45) is 0 Å². The lowest BCUT2D eigenvalue weighted by Gasteiger charge is -2.21. The van der Waals surface area contributed by atoms with Crippen LogP contribution in [0.5, 0.6) is 0 Å². The number of aromatic amines is 1. The number of hydrogen-bond donors (Lipinski definition) is 1. The maximum absolute atomic E-state index is 5.50. The van der Waals surface area contributed by atoms with Gasteiger partial charge in [0.05, 0.1) is 32.3 Å². The zero-order chi connectivity index (χ0) is 10.1. The van der Waals surface area contributed by atoms with Gasteiger partial charge in [-0.1, -0.05) is 0 Å². The molecule has 1 atom stereocenters. The predicted molar refractivity (Wildman–Crippen MR) is 51.2 cm³/mol. The van der Waals surface area contributed by atoms with E-state index in [-0.39, 0.29) is 6.10 Å². The minimum absolute atomic E-state index is 0.167. The van der Waals surface area contributed by atoms with Gasteiger partial charge in [0.15, 0.2) is 11.5 Å². The lowest BCUT2D eigenvalue weighted by molar-refractivity contribution is -0.0934. The normalized spacial score (nSPS) is 22.0. The number of imidazole rings is 1.